The highest BCUT2D eigenvalue weighted by Crippen LogP contribution is 2.19. The molecule has 3 rings (SSSR count). The molecule has 25 heavy (non-hydrogen) atoms. The van der Waals surface area contributed by atoms with Crippen LogP contribution in [-0.4, -0.2) is 36.3 Å². The van der Waals surface area contributed by atoms with Crippen LogP contribution >= 0.6 is 0 Å². The Labute approximate surface area is 145 Å². The van der Waals surface area contributed by atoms with Crippen LogP contribution in [0, 0.1) is 11.3 Å². The van der Waals surface area contributed by atoms with E-state index in [-0.39, 0.29) is 23.7 Å². The van der Waals surface area contributed by atoms with Crippen molar-refractivity contribution in [3.63, 3.8) is 0 Å². The molecule has 0 saturated carbocycles. The monoisotopic (exact) mass is 338 g/mol. The Kier molecular flexibility index (Phi) is 5.11. The van der Waals surface area contributed by atoms with Crippen LogP contribution in [0.25, 0.3) is 0 Å². The predicted molar refractivity (Wildman–Crippen MR) is 90.9 cm³/mol. The lowest BCUT2D eigenvalue weighted by Gasteiger charge is -2.32. The summed E-state index contributed by atoms with van der Waals surface area (Å²) in [5, 5.41) is 11.7. The fourth-order valence-electron chi connectivity index (χ4n) is 2.59. The highest BCUT2D eigenvalue weighted by Gasteiger charge is 2.29. The van der Waals surface area contributed by atoms with Crippen molar-refractivity contribution in [2.45, 2.75) is 18.6 Å². The molecule has 1 aliphatic rings. The van der Waals surface area contributed by atoms with Crippen LogP contribution in [0.1, 0.15) is 22.5 Å². The van der Waals surface area contributed by atoms with E-state index in [2.05, 4.69) is 16.4 Å². The Hall–Kier alpha value is -3.11. The van der Waals surface area contributed by atoms with E-state index in [4.69, 9.17) is 20.5 Å². The van der Waals surface area contributed by atoms with Gasteiger partial charge in [-0.2, -0.15) is 5.26 Å². The molecule has 1 fully saturated rings. The minimum atomic E-state index is -0.323. The third kappa shape index (κ3) is 4.25. The van der Waals surface area contributed by atoms with Gasteiger partial charge >= 0.3 is 0 Å². The first kappa shape index (κ1) is 16.7. The fourth-order valence-corrected chi connectivity index (χ4v) is 2.59. The third-order valence-electron chi connectivity index (χ3n) is 3.90. The second kappa shape index (κ2) is 7.64. The van der Waals surface area contributed by atoms with E-state index in [0.717, 1.165) is 0 Å². The summed E-state index contributed by atoms with van der Waals surface area (Å²) in [7, 11) is 0. The van der Waals surface area contributed by atoms with Gasteiger partial charge in [0.2, 0.25) is 0 Å². The van der Waals surface area contributed by atoms with Crippen LogP contribution in [0.3, 0.4) is 0 Å². The summed E-state index contributed by atoms with van der Waals surface area (Å²) in [6, 6.07) is 11.8. The lowest BCUT2D eigenvalue weighted by atomic mass is 10.1. The summed E-state index contributed by atoms with van der Waals surface area (Å²) in [6.45, 7) is 0.916. The number of amides is 1. The third-order valence-corrected chi connectivity index (χ3v) is 3.90. The van der Waals surface area contributed by atoms with Gasteiger partial charge in [0.1, 0.15) is 17.5 Å². The summed E-state index contributed by atoms with van der Waals surface area (Å²) >= 11 is 0. The molecule has 1 aromatic carbocycles. The van der Waals surface area contributed by atoms with Gasteiger partial charge in [0.25, 0.3) is 5.91 Å². The van der Waals surface area contributed by atoms with Crippen molar-refractivity contribution in [2.24, 2.45) is 0 Å². The molecule has 3 N–H and O–H groups in total. The fraction of sp³-hybridized carbons (Fsp3) is 0.278. The number of nitrogens with one attached hydrogen (secondary N) is 1. The molecule has 1 amide bonds. The Morgan fingerprint density at radius 2 is 2.16 bits per heavy atom. The molecule has 0 unspecified atom stereocenters. The van der Waals surface area contributed by atoms with Gasteiger partial charge in [-0.05, 0) is 36.4 Å². The van der Waals surface area contributed by atoms with Gasteiger partial charge < -0.3 is 20.5 Å². The maximum absolute atomic E-state index is 12.4. The number of pyridine rings is 1. The number of hydrogen-bond donors (Lipinski definition) is 2. The number of nitrogen functional groups attached to an aromatic ring is 1. The van der Waals surface area contributed by atoms with E-state index in [1.165, 1.54) is 12.3 Å². The van der Waals surface area contributed by atoms with Crippen molar-refractivity contribution < 1.29 is 14.3 Å². The Morgan fingerprint density at radius 1 is 1.36 bits per heavy atom. The SMILES string of the molecule is N#Cc1ccc(O[C@@H]2CCOC[C@H]2NC(=O)c2cc(N)ccn2)cc1. The van der Waals surface area contributed by atoms with Crippen LogP contribution in [-0.2, 0) is 4.74 Å². The average molecular weight is 338 g/mol. The van der Waals surface area contributed by atoms with E-state index in [9.17, 15) is 4.79 Å². The Bertz CT molecular complexity index is 786. The predicted octanol–water partition coefficient (Wildman–Crippen LogP) is 1.50. The van der Waals surface area contributed by atoms with Gasteiger partial charge in [-0.3, -0.25) is 9.78 Å². The summed E-state index contributed by atoms with van der Waals surface area (Å²) in [5.74, 6) is 0.323. The highest BCUT2D eigenvalue weighted by atomic mass is 16.5. The first-order valence-electron chi connectivity index (χ1n) is 7.92. The Morgan fingerprint density at radius 3 is 2.88 bits per heavy atom. The molecule has 0 radical (unpaired) electrons. The first-order chi connectivity index (χ1) is 12.2. The van der Waals surface area contributed by atoms with E-state index < -0.39 is 0 Å². The zero-order valence-electron chi connectivity index (χ0n) is 13.5. The van der Waals surface area contributed by atoms with Crippen LogP contribution in [0.15, 0.2) is 42.6 Å². The lowest BCUT2D eigenvalue weighted by molar-refractivity contribution is -0.00294. The smallest absolute Gasteiger partial charge is 0.270 e. The second-order valence-electron chi connectivity index (χ2n) is 5.71. The number of hydrogen-bond acceptors (Lipinski definition) is 6. The molecule has 7 nitrogen and oxygen atoms in total. The van der Waals surface area contributed by atoms with Crippen LogP contribution in [0.2, 0.25) is 0 Å². The van der Waals surface area contributed by atoms with Gasteiger partial charge in [0.05, 0.1) is 30.9 Å². The zero-order chi connectivity index (χ0) is 17.6. The van der Waals surface area contributed by atoms with Gasteiger partial charge in [-0.1, -0.05) is 0 Å². The number of carbonyl (C=O) groups is 1. The van der Waals surface area contributed by atoms with Crippen molar-refractivity contribution in [1.29, 1.82) is 5.26 Å². The van der Waals surface area contributed by atoms with Gasteiger partial charge in [0.15, 0.2) is 0 Å². The summed E-state index contributed by atoms with van der Waals surface area (Å²) in [5.41, 5.74) is 6.99. The van der Waals surface area contributed by atoms with Crippen molar-refractivity contribution in [2.75, 3.05) is 18.9 Å². The minimum absolute atomic E-state index is 0.230. The van der Waals surface area contributed by atoms with Crippen molar-refractivity contribution >= 4 is 11.6 Å². The summed E-state index contributed by atoms with van der Waals surface area (Å²) < 4.78 is 11.4. The molecule has 0 spiro atoms. The number of carbonyl (C=O) groups excluding carboxylic acids is 1. The van der Waals surface area contributed by atoms with Crippen molar-refractivity contribution in [3.05, 3.63) is 53.9 Å². The molecule has 2 heterocycles. The molecule has 1 aromatic heterocycles. The number of benzene rings is 1. The van der Waals surface area contributed by atoms with Crippen molar-refractivity contribution in [1.82, 2.24) is 10.3 Å². The number of aromatic nitrogens is 1. The summed E-state index contributed by atoms with van der Waals surface area (Å²) in [4.78, 5) is 16.4. The number of nitriles is 1. The Balaban J connectivity index is 1.68. The topological polar surface area (TPSA) is 110 Å². The maximum atomic E-state index is 12.4. The van der Waals surface area contributed by atoms with Crippen LogP contribution in [0.4, 0.5) is 5.69 Å². The quantitative estimate of drug-likeness (QED) is 0.874. The minimum Gasteiger partial charge on any atom is -0.488 e. The number of ether oxygens (including phenoxy) is 2. The summed E-state index contributed by atoms with van der Waals surface area (Å²) in [6.07, 6.45) is 1.91. The molecule has 1 aliphatic heterocycles. The zero-order valence-corrected chi connectivity index (χ0v) is 13.5. The lowest BCUT2D eigenvalue weighted by Crippen LogP contribution is -2.52. The maximum Gasteiger partial charge on any atom is 0.270 e. The highest BCUT2D eigenvalue weighted by molar-refractivity contribution is 5.93. The normalized spacial score (nSPS) is 19.6. The molecule has 2 atom stereocenters. The molecular weight excluding hydrogens is 320 g/mol. The molecular formula is C18H18N4O3. The van der Waals surface area contributed by atoms with E-state index in [1.807, 2.05) is 0 Å². The largest absolute Gasteiger partial charge is 0.488 e. The van der Waals surface area contributed by atoms with Gasteiger partial charge in [0, 0.05) is 18.3 Å². The molecule has 128 valence electrons. The first-order valence-corrected chi connectivity index (χ1v) is 7.92. The average Bonchev–Trinajstić information content (AvgIpc) is 2.64. The van der Waals surface area contributed by atoms with Crippen LogP contribution in [0.5, 0.6) is 5.75 Å². The standard InChI is InChI=1S/C18H18N4O3/c19-10-12-1-3-14(4-2-12)25-17-6-8-24-11-16(17)22-18(23)15-9-13(20)5-7-21-15/h1-5,7,9,16-17H,6,8,11H2,(H2,20,21)(H,22,23)/t16-,17-/m1/s1. The van der Waals surface area contributed by atoms with E-state index in [1.54, 1.807) is 30.3 Å². The number of nitrogens with two attached hydrogens (primary N) is 1. The number of rotatable bonds is 4. The molecule has 0 bridgehead atoms. The number of nitrogens with zero attached hydrogens (tertiary/aromatic N) is 2. The number of anilines is 1. The van der Waals surface area contributed by atoms with E-state index in [0.29, 0.717) is 36.6 Å². The molecule has 2 aromatic rings. The van der Waals surface area contributed by atoms with E-state index >= 15 is 0 Å². The van der Waals surface area contributed by atoms with Gasteiger partial charge in [-0.15, -0.1) is 0 Å². The second-order valence-corrected chi connectivity index (χ2v) is 5.71. The molecule has 0 aliphatic carbocycles. The van der Waals surface area contributed by atoms with Gasteiger partial charge in [-0.25, -0.2) is 0 Å². The van der Waals surface area contributed by atoms with Crippen LogP contribution < -0.4 is 15.8 Å². The molecule has 1 saturated heterocycles. The molecule has 7 heteroatoms. The van der Waals surface area contributed by atoms with Crippen molar-refractivity contribution in [3.8, 4) is 11.8 Å².